The van der Waals surface area contributed by atoms with Gasteiger partial charge in [0, 0.05) is 12.6 Å². The maximum Gasteiger partial charge on any atom is 0.249 e. The predicted octanol–water partition coefficient (Wildman–Crippen LogP) is 2.10. The van der Waals surface area contributed by atoms with Crippen molar-refractivity contribution in [2.24, 2.45) is 0 Å². The molecule has 1 spiro atoms. The molecule has 18 heavy (non-hydrogen) atoms. The first-order valence-corrected chi connectivity index (χ1v) is 6.97. The third kappa shape index (κ3) is 3.25. The fraction of sp³-hybridized carbons (Fsp3) is 0.786. The summed E-state index contributed by atoms with van der Waals surface area (Å²) in [7, 11) is 0. The van der Waals surface area contributed by atoms with E-state index in [0.717, 1.165) is 19.4 Å². The number of ether oxygens (including phenoxy) is 2. The lowest BCUT2D eigenvalue weighted by Crippen LogP contribution is -2.54. The van der Waals surface area contributed by atoms with Crippen molar-refractivity contribution in [1.82, 2.24) is 4.90 Å². The molecule has 2 aliphatic rings. The van der Waals surface area contributed by atoms with Crippen LogP contribution in [0.3, 0.4) is 0 Å². The minimum atomic E-state index is -0.0639. The average molecular weight is 253 g/mol. The number of carbonyl (C=O) groups excluding carboxylic acids is 1. The molecule has 0 aromatic carbocycles. The predicted molar refractivity (Wildman–Crippen MR) is 69.1 cm³/mol. The highest BCUT2D eigenvalue weighted by molar-refractivity contribution is 5.87. The van der Waals surface area contributed by atoms with Crippen molar-refractivity contribution >= 4 is 5.91 Å². The summed E-state index contributed by atoms with van der Waals surface area (Å²) in [6.45, 7) is 4.59. The van der Waals surface area contributed by atoms with Gasteiger partial charge < -0.3 is 14.4 Å². The van der Waals surface area contributed by atoms with Gasteiger partial charge in [-0.1, -0.05) is 19.3 Å². The molecule has 0 bridgehead atoms. The van der Waals surface area contributed by atoms with Crippen LogP contribution >= 0.6 is 0 Å². The van der Waals surface area contributed by atoms with Gasteiger partial charge in [-0.05, 0) is 19.8 Å². The Labute approximate surface area is 109 Å². The summed E-state index contributed by atoms with van der Waals surface area (Å²) in [4.78, 5) is 13.9. The molecule has 0 N–H and O–H groups in total. The molecule has 4 heteroatoms. The van der Waals surface area contributed by atoms with Crippen LogP contribution in [0.4, 0.5) is 0 Å². The molecule has 1 aliphatic heterocycles. The summed E-state index contributed by atoms with van der Waals surface area (Å²) in [5.74, 6) is 0.0386. The van der Waals surface area contributed by atoms with Crippen molar-refractivity contribution < 1.29 is 14.3 Å². The number of hydrogen-bond donors (Lipinski definition) is 0. The van der Waals surface area contributed by atoms with Gasteiger partial charge in [0.25, 0.3) is 0 Å². The Morgan fingerprint density at radius 1 is 1.39 bits per heavy atom. The Balaban J connectivity index is 1.91. The SMILES string of the molecule is CCOC=CC(=O)N1CCOC2(CCCCC2)C1. The first kappa shape index (κ1) is 13.4. The second kappa shape index (κ2) is 6.23. The fourth-order valence-electron chi connectivity index (χ4n) is 2.84. The lowest BCUT2D eigenvalue weighted by Gasteiger charge is -2.44. The zero-order valence-corrected chi connectivity index (χ0v) is 11.2. The Kier molecular flexibility index (Phi) is 4.64. The molecule has 1 heterocycles. The summed E-state index contributed by atoms with van der Waals surface area (Å²) in [5, 5.41) is 0. The van der Waals surface area contributed by atoms with Crippen LogP contribution in [0.15, 0.2) is 12.3 Å². The van der Waals surface area contributed by atoms with Crippen molar-refractivity contribution in [3.05, 3.63) is 12.3 Å². The van der Waals surface area contributed by atoms with E-state index in [9.17, 15) is 4.79 Å². The number of amides is 1. The minimum absolute atomic E-state index is 0.0386. The molecule has 2 rings (SSSR count). The molecule has 0 atom stereocenters. The maximum atomic E-state index is 12.0. The van der Waals surface area contributed by atoms with E-state index in [-0.39, 0.29) is 11.5 Å². The van der Waals surface area contributed by atoms with Gasteiger partial charge in [0.2, 0.25) is 5.91 Å². The van der Waals surface area contributed by atoms with Gasteiger partial charge >= 0.3 is 0 Å². The van der Waals surface area contributed by atoms with Crippen molar-refractivity contribution in [1.29, 1.82) is 0 Å². The summed E-state index contributed by atoms with van der Waals surface area (Å²) < 4.78 is 11.0. The molecule has 0 aromatic heterocycles. The molecule has 1 amide bonds. The molecule has 1 aliphatic carbocycles. The molecular formula is C14H23NO3. The van der Waals surface area contributed by atoms with Crippen LogP contribution in [0, 0.1) is 0 Å². The van der Waals surface area contributed by atoms with Gasteiger partial charge in [0.1, 0.15) is 0 Å². The number of nitrogens with zero attached hydrogens (tertiary/aromatic N) is 1. The molecule has 0 unspecified atom stereocenters. The van der Waals surface area contributed by atoms with Crippen LogP contribution in [0.25, 0.3) is 0 Å². The standard InChI is InChI=1S/C14H23NO3/c1-2-17-10-6-13(16)15-9-11-18-14(12-15)7-4-3-5-8-14/h6,10H,2-5,7-9,11-12H2,1H3. The molecular weight excluding hydrogens is 230 g/mol. The van der Waals surface area contributed by atoms with E-state index in [1.165, 1.54) is 31.6 Å². The summed E-state index contributed by atoms with van der Waals surface area (Å²) in [6.07, 6.45) is 8.92. The summed E-state index contributed by atoms with van der Waals surface area (Å²) in [5.41, 5.74) is -0.0639. The zero-order chi connectivity index (χ0) is 12.8. The number of carbonyl (C=O) groups is 1. The lowest BCUT2D eigenvalue weighted by atomic mass is 9.83. The van der Waals surface area contributed by atoms with Crippen molar-refractivity contribution in [2.75, 3.05) is 26.3 Å². The zero-order valence-electron chi connectivity index (χ0n) is 11.2. The summed E-state index contributed by atoms with van der Waals surface area (Å²) >= 11 is 0. The maximum absolute atomic E-state index is 12.0. The van der Waals surface area contributed by atoms with E-state index in [4.69, 9.17) is 9.47 Å². The van der Waals surface area contributed by atoms with Gasteiger partial charge in [0.15, 0.2) is 0 Å². The largest absolute Gasteiger partial charge is 0.501 e. The lowest BCUT2D eigenvalue weighted by molar-refractivity contribution is -0.152. The van der Waals surface area contributed by atoms with Crippen LogP contribution < -0.4 is 0 Å². The summed E-state index contributed by atoms with van der Waals surface area (Å²) in [6, 6.07) is 0. The van der Waals surface area contributed by atoms with Crippen molar-refractivity contribution in [2.45, 2.75) is 44.6 Å². The first-order valence-electron chi connectivity index (χ1n) is 6.97. The molecule has 1 saturated carbocycles. The van der Waals surface area contributed by atoms with E-state index in [2.05, 4.69) is 0 Å². The van der Waals surface area contributed by atoms with Gasteiger partial charge in [0.05, 0.1) is 31.6 Å². The molecule has 2 fully saturated rings. The third-order valence-electron chi connectivity index (χ3n) is 3.80. The Morgan fingerprint density at radius 3 is 2.89 bits per heavy atom. The minimum Gasteiger partial charge on any atom is -0.501 e. The van der Waals surface area contributed by atoms with Crippen molar-refractivity contribution in [3.8, 4) is 0 Å². The van der Waals surface area contributed by atoms with Crippen LogP contribution in [0.2, 0.25) is 0 Å². The van der Waals surface area contributed by atoms with Crippen LogP contribution in [0.1, 0.15) is 39.0 Å². The van der Waals surface area contributed by atoms with E-state index >= 15 is 0 Å². The van der Waals surface area contributed by atoms with Gasteiger partial charge in [-0.25, -0.2) is 0 Å². The topological polar surface area (TPSA) is 38.8 Å². The number of morpholine rings is 1. The van der Waals surface area contributed by atoms with E-state index in [0.29, 0.717) is 19.8 Å². The van der Waals surface area contributed by atoms with E-state index < -0.39 is 0 Å². The van der Waals surface area contributed by atoms with Crippen LogP contribution in [-0.2, 0) is 14.3 Å². The quantitative estimate of drug-likeness (QED) is 0.571. The first-order chi connectivity index (χ1) is 8.76. The molecule has 4 nitrogen and oxygen atoms in total. The van der Waals surface area contributed by atoms with Crippen molar-refractivity contribution in [3.63, 3.8) is 0 Å². The second-order valence-electron chi connectivity index (χ2n) is 5.11. The average Bonchev–Trinajstić information content (AvgIpc) is 2.40. The van der Waals surface area contributed by atoms with Crippen LogP contribution in [-0.4, -0.2) is 42.7 Å². The molecule has 0 radical (unpaired) electrons. The third-order valence-corrected chi connectivity index (χ3v) is 3.80. The number of hydrogen-bond acceptors (Lipinski definition) is 3. The Bertz CT molecular complexity index is 303. The highest BCUT2D eigenvalue weighted by Crippen LogP contribution is 2.34. The second-order valence-corrected chi connectivity index (χ2v) is 5.11. The Morgan fingerprint density at radius 2 is 2.17 bits per heavy atom. The van der Waals surface area contributed by atoms with Crippen LogP contribution in [0.5, 0.6) is 0 Å². The smallest absolute Gasteiger partial charge is 0.249 e. The Hall–Kier alpha value is -1.03. The molecule has 102 valence electrons. The highest BCUT2D eigenvalue weighted by atomic mass is 16.5. The van der Waals surface area contributed by atoms with Gasteiger partial charge in [-0.2, -0.15) is 0 Å². The highest BCUT2D eigenvalue weighted by Gasteiger charge is 2.38. The monoisotopic (exact) mass is 253 g/mol. The van der Waals surface area contributed by atoms with E-state index in [1.807, 2.05) is 11.8 Å². The molecule has 1 saturated heterocycles. The molecule has 0 aromatic rings. The number of rotatable bonds is 3. The van der Waals surface area contributed by atoms with Gasteiger partial charge in [-0.3, -0.25) is 4.79 Å². The normalized spacial score (nSPS) is 23.5. The van der Waals surface area contributed by atoms with Gasteiger partial charge in [-0.15, -0.1) is 0 Å². The van der Waals surface area contributed by atoms with E-state index in [1.54, 1.807) is 0 Å². The fourth-order valence-corrected chi connectivity index (χ4v) is 2.84.